The number of carbonyl (C=O) groups is 1. The maximum atomic E-state index is 13.4. The number of hydrogen-bond donors (Lipinski definition) is 0. The molecule has 4 nitrogen and oxygen atoms in total. The lowest BCUT2D eigenvalue weighted by Crippen LogP contribution is -2.53. The average Bonchev–Trinajstić information content (AvgIpc) is 3.40. The van der Waals surface area contributed by atoms with Gasteiger partial charge in [-0.3, -0.25) is 4.79 Å². The van der Waals surface area contributed by atoms with E-state index in [2.05, 4.69) is 97.9 Å². The molecule has 5 atom stereocenters. The molecule has 3 aliphatic carbocycles. The van der Waals surface area contributed by atoms with Gasteiger partial charge in [0.25, 0.3) is 0 Å². The Labute approximate surface area is 240 Å². The molecule has 2 saturated carbocycles. The lowest BCUT2D eigenvalue weighted by molar-refractivity contribution is -0.129. The molecule has 2 spiro atoms. The quantitative estimate of drug-likeness (QED) is 0.215. The summed E-state index contributed by atoms with van der Waals surface area (Å²) in [6.07, 6.45) is 8.14. The maximum Gasteiger partial charge on any atom is 0.200 e. The molecule has 0 aromatic rings. The van der Waals surface area contributed by atoms with Gasteiger partial charge in [0.05, 0.1) is 15.3 Å². The van der Waals surface area contributed by atoms with Crippen molar-refractivity contribution in [3.63, 3.8) is 0 Å². The molecule has 3 fully saturated rings. The van der Waals surface area contributed by atoms with Gasteiger partial charge in [0.1, 0.15) is 17.0 Å². The number of allylic oxidation sites excluding steroid dienone is 2. The average molecular weight is 641 g/mol. The Kier molecular flexibility index (Phi) is 6.82. The maximum absolute atomic E-state index is 13.4. The van der Waals surface area contributed by atoms with Gasteiger partial charge >= 0.3 is 0 Å². The molecule has 0 N–H and O–H groups in total. The first kappa shape index (κ1) is 28.3. The minimum absolute atomic E-state index is 0.0468. The second-order valence-corrected chi connectivity index (χ2v) is 21.2. The van der Waals surface area contributed by atoms with Crippen LogP contribution in [0, 0.1) is 17.3 Å². The number of hydrogen-bond acceptors (Lipinski definition) is 4. The van der Waals surface area contributed by atoms with E-state index in [1.165, 1.54) is 12.8 Å². The molecule has 0 amide bonds. The number of rotatable bonds is 6. The third-order valence-electron chi connectivity index (χ3n) is 11.3. The fraction of sp³-hybridized carbons (Fsp3) is 0.839. The Bertz CT molecular complexity index is 1020. The van der Waals surface area contributed by atoms with Crippen molar-refractivity contribution in [2.75, 3.05) is 0 Å². The van der Waals surface area contributed by atoms with Gasteiger partial charge in [0.15, 0.2) is 5.78 Å². The van der Waals surface area contributed by atoms with Gasteiger partial charge in [-0.25, -0.2) is 0 Å². The van der Waals surface area contributed by atoms with Crippen LogP contribution in [0.2, 0.25) is 16.6 Å². The second kappa shape index (κ2) is 8.91. The highest BCUT2D eigenvalue weighted by Gasteiger charge is 2.72. The topological polar surface area (TPSA) is 44.8 Å². The van der Waals surface area contributed by atoms with E-state index < -0.39 is 19.5 Å². The third kappa shape index (κ3) is 3.95. The number of halogens is 1. The highest BCUT2D eigenvalue weighted by molar-refractivity contribution is 14.1. The first-order valence-electron chi connectivity index (χ1n) is 14.8. The first-order valence-corrected chi connectivity index (χ1v) is 18.0. The van der Waals surface area contributed by atoms with Crippen LogP contribution in [0.1, 0.15) is 108 Å². The van der Waals surface area contributed by atoms with Crippen molar-refractivity contribution in [3.8, 4) is 0 Å². The van der Waals surface area contributed by atoms with E-state index in [-0.39, 0.29) is 17.5 Å². The predicted molar refractivity (Wildman–Crippen MR) is 160 cm³/mol. The van der Waals surface area contributed by atoms with Crippen LogP contribution in [0.3, 0.4) is 0 Å². The molecule has 0 aromatic heterocycles. The van der Waals surface area contributed by atoms with Crippen molar-refractivity contribution in [1.82, 2.24) is 0 Å². The second-order valence-electron chi connectivity index (χ2n) is 14.7. The van der Waals surface area contributed by atoms with Gasteiger partial charge in [-0.1, -0.05) is 55.4 Å². The van der Waals surface area contributed by atoms with Crippen LogP contribution in [0.25, 0.3) is 0 Å². The van der Waals surface area contributed by atoms with Crippen LogP contribution in [-0.2, 0) is 18.7 Å². The third-order valence-corrected chi connectivity index (χ3v) is 18.2. The Morgan fingerprint density at radius 1 is 0.973 bits per heavy atom. The van der Waals surface area contributed by atoms with Gasteiger partial charge in [0.2, 0.25) is 8.32 Å². The Morgan fingerprint density at radius 2 is 1.59 bits per heavy atom. The molecule has 2 aliphatic heterocycles. The summed E-state index contributed by atoms with van der Waals surface area (Å²) in [7, 11) is -2.12. The highest BCUT2D eigenvalue weighted by atomic mass is 127. The summed E-state index contributed by atoms with van der Waals surface area (Å²) in [5.41, 5.74) is 1.48. The van der Waals surface area contributed by atoms with Crippen molar-refractivity contribution in [3.05, 3.63) is 21.0 Å². The summed E-state index contributed by atoms with van der Waals surface area (Å²) in [5.74, 6) is 2.26. The molecule has 2 heterocycles. The normalized spacial score (nSPS) is 38.8. The van der Waals surface area contributed by atoms with Crippen molar-refractivity contribution >= 4 is 36.7 Å². The highest BCUT2D eigenvalue weighted by Crippen LogP contribution is 2.74. The summed E-state index contributed by atoms with van der Waals surface area (Å²) < 4.78 is 22.4. The van der Waals surface area contributed by atoms with Crippen molar-refractivity contribution < 1.29 is 18.7 Å². The van der Waals surface area contributed by atoms with E-state index in [1.54, 1.807) is 0 Å². The molecule has 1 saturated heterocycles. The molecule has 208 valence electrons. The number of ether oxygens (including phenoxy) is 2. The SMILES string of the molecule is CC(C)[C@@]12CC[C@@]3(CCC4=C(O3)[C@]3(C=C(I)C4=O)C[C@@H](O[Si](C(C)C)(C(C)C)C(C)C)C(C)(C)O3)[C@@H]1C2. The zero-order valence-corrected chi connectivity index (χ0v) is 28.0. The molecule has 5 rings (SSSR count). The molecule has 0 radical (unpaired) electrons. The molecule has 0 aromatic carbocycles. The zero-order chi connectivity index (χ0) is 27.3. The molecular weight excluding hydrogens is 591 g/mol. The number of Topliss-reactive ketones (excluding diaryl/α,β-unsaturated/α-hetero) is 1. The number of ketones is 1. The van der Waals surface area contributed by atoms with E-state index in [9.17, 15) is 4.79 Å². The minimum atomic E-state index is -2.12. The van der Waals surface area contributed by atoms with E-state index in [4.69, 9.17) is 13.9 Å². The molecule has 37 heavy (non-hydrogen) atoms. The standard InChI is InChI=1S/C31H49IO4Si/c1-18(2)29-13-14-30(24(29)16-29)12-11-22-26(33)23(32)15-31(27(22)34-30)17-25(28(9,10)36-31)35-37(19(3)4,20(5)6)21(7)8/h15,18-21,24-25H,11-14,16-17H2,1-10H3/t24-,25-,29+,30+,31+/m1/s1. The first-order chi connectivity index (χ1) is 17.1. The van der Waals surface area contributed by atoms with E-state index >= 15 is 0 Å². The molecule has 0 unspecified atom stereocenters. The molecule has 6 heteroatoms. The summed E-state index contributed by atoms with van der Waals surface area (Å²) in [6.45, 7) is 23.2. The largest absolute Gasteiger partial charge is 0.487 e. The Hall–Kier alpha value is -0.183. The van der Waals surface area contributed by atoms with Crippen molar-refractivity contribution in [2.24, 2.45) is 17.3 Å². The fourth-order valence-electron chi connectivity index (χ4n) is 9.24. The lowest BCUT2D eigenvalue weighted by atomic mass is 9.78. The predicted octanol–water partition coefficient (Wildman–Crippen LogP) is 8.65. The number of fused-ring (bicyclic) bond motifs is 3. The molecule has 0 bridgehead atoms. The summed E-state index contributed by atoms with van der Waals surface area (Å²) in [6, 6.07) is 0. The molecular formula is C31H49IO4Si. The van der Waals surface area contributed by atoms with Crippen LogP contribution >= 0.6 is 22.6 Å². The summed E-state index contributed by atoms with van der Waals surface area (Å²) >= 11 is 2.22. The van der Waals surface area contributed by atoms with Crippen LogP contribution < -0.4 is 0 Å². The smallest absolute Gasteiger partial charge is 0.200 e. The van der Waals surface area contributed by atoms with Crippen LogP contribution in [0.4, 0.5) is 0 Å². The van der Waals surface area contributed by atoms with Gasteiger partial charge in [-0.2, -0.15) is 0 Å². The van der Waals surface area contributed by atoms with E-state index in [0.717, 1.165) is 40.6 Å². The van der Waals surface area contributed by atoms with Gasteiger partial charge in [-0.05, 0) is 103 Å². The minimum Gasteiger partial charge on any atom is -0.487 e. The monoisotopic (exact) mass is 640 g/mol. The Balaban J connectivity index is 1.52. The summed E-state index contributed by atoms with van der Waals surface area (Å²) in [5, 5.41) is 0. The lowest BCUT2D eigenvalue weighted by Gasteiger charge is -2.46. The molecule has 5 aliphatic rings. The van der Waals surface area contributed by atoms with Crippen LogP contribution in [-0.4, -0.2) is 37.0 Å². The van der Waals surface area contributed by atoms with E-state index in [1.807, 2.05) is 0 Å². The summed E-state index contributed by atoms with van der Waals surface area (Å²) in [4.78, 5) is 13.4. The van der Waals surface area contributed by atoms with E-state index in [0.29, 0.717) is 33.9 Å². The van der Waals surface area contributed by atoms with Gasteiger partial charge < -0.3 is 13.9 Å². The van der Waals surface area contributed by atoms with Crippen molar-refractivity contribution in [1.29, 1.82) is 0 Å². The Morgan fingerprint density at radius 3 is 2.11 bits per heavy atom. The fourth-order valence-corrected chi connectivity index (χ4v) is 15.7. The zero-order valence-electron chi connectivity index (χ0n) is 24.8. The van der Waals surface area contributed by atoms with Crippen LogP contribution in [0.5, 0.6) is 0 Å². The number of carbonyl (C=O) groups excluding carboxylic acids is 1. The van der Waals surface area contributed by atoms with Crippen LogP contribution in [0.15, 0.2) is 21.0 Å². The van der Waals surface area contributed by atoms with Crippen molar-refractivity contribution in [2.45, 2.75) is 147 Å². The van der Waals surface area contributed by atoms with Gasteiger partial charge in [-0.15, -0.1) is 0 Å². The van der Waals surface area contributed by atoms with Gasteiger partial charge in [0, 0.05) is 17.9 Å².